The Bertz CT molecular complexity index is 483. The van der Waals surface area contributed by atoms with Crippen LogP contribution in [0.1, 0.15) is 13.8 Å². The topological polar surface area (TPSA) is 73.6 Å². The molecule has 0 saturated carbocycles. The van der Waals surface area contributed by atoms with Gasteiger partial charge in [0.05, 0.1) is 24.2 Å². The molecular weight excluding hydrogens is 316 g/mol. The highest BCUT2D eigenvalue weighted by atomic mass is 79.9. The number of benzene rings is 1. The van der Waals surface area contributed by atoms with Gasteiger partial charge in [0, 0.05) is 22.3 Å². The number of nitrogens with one attached hydrogen (secondary N) is 1. The standard InChI is InChI=1S/C12H15BrN2O4/c1-12(2)18-6-8(7-19-12)14-11-4-3-9(15(16)17)5-10(11)13/h3-5,8,14H,6-7H2,1-2H3. The van der Waals surface area contributed by atoms with E-state index in [4.69, 9.17) is 9.47 Å². The van der Waals surface area contributed by atoms with Gasteiger partial charge in [0.2, 0.25) is 0 Å². The van der Waals surface area contributed by atoms with Crippen LogP contribution in [0.25, 0.3) is 0 Å². The highest BCUT2D eigenvalue weighted by Crippen LogP contribution is 2.28. The van der Waals surface area contributed by atoms with Crippen LogP contribution in [0, 0.1) is 10.1 Å². The zero-order valence-corrected chi connectivity index (χ0v) is 12.3. The third-order valence-electron chi connectivity index (χ3n) is 2.79. The van der Waals surface area contributed by atoms with Crippen molar-refractivity contribution in [3.63, 3.8) is 0 Å². The summed E-state index contributed by atoms with van der Waals surface area (Å²) in [7, 11) is 0. The molecule has 2 rings (SSSR count). The fourth-order valence-corrected chi connectivity index (χ4v) is 2.21. The molecule has 0 atom stereocenters. The number of hydrogen-bond acceptors (Lipinski definition) is 5. The average molecular weight is 331 g/mol. The molecule has 0 amide bonds. The summed E-state index contributed by atoms with van der Waals surface area (Å²) in [6, 6.07) is 4.62. The van der Waals surface area contributed by atoms with Crippen LogP contribution in [0.15, 0.2) is 22.7 Å². The summed E-state index contributed by atoms with van der Waals surface area (Å²) in [6.45, 7) is 4.78. The summed E-state index contributed by atoms with van der Waals surface area (Å²) in [5, 5.41) is 13.9. The monoisotopic (exact) mass is 330 g/mol. The molecule has 1 fully saturated rings. The van der Waals surface area contributed by atoms with E-state index in [9.17, 15) is 10.1 Å². The first-order valence-electron chi connectivity index (χ1n) is 5.86. The van der Waals surface area contributed by atoms with Crippen LogP contribution >= 0.6 is 15.9 Å². The molecule has 0 spiro atoms. The molecule has 0 unspecified atom stereocenters. The van der Waals surface area contributed by atoms with Crippen molar-refractivity contribution in [1.82, 2.24) is 0 Å². The second kappa shape index (κ2) is 5.44. The van der Waals surface area contributed by atoms with Gasteiger partial charge in [-0.3, -0.25) is 10.1 Å². The van der Waals surface area contributed by atoms with Gasteiger partial charge in [0.15, 0.2) is 5.79 Å². The Kier molecular flexibility index (Phi) is 4.07. The number of ether oxygens (including phenoxy) is 2. The van der Waals surface area contributed by atoms with E-state index >= 15 is 0 Å². The van der Waals surface area contributed by atoms with Gasteiger partial charge in [-0.25, -0.2) is 0 Å². The maximum absolute atomic E-state index is 10.7. The van der Waals surface area contributed by atoms with Gasteiger partial charge in [-0.05, 0) is 35.8 Å². The minimum absolute atomic E-state index is 0.0192. The van der Waals surface area contributed by atoms with E-state index in [1.54, 1.807) is 6.07 Å². The Labute approximate surface area is 119 Å². The molecule has 7 heteroatoms. The van der Waals surface area contributed by atoms with Crippen molar-refractivity contribution >= 4 is 27.3 Å². The normalized spacial score (nSPS) is 19.1. The molecule has 1 N–H and O–H groups in total. The molecule has 1 aliphatic rings. The Balaban J connectivity index is 2.02. The zero-order chi connectivity index (χ0) is 14.0. The predicted molar refractivity (Wildman–Crippen MR) is 74.2 cm³/mol. The Morgan fingerprint density at radius 2 is 2.05 bits per heavy atom. The first-order valence-corrected chi connectivity index (χ1v) is 6.65. The molecule has 6 nitrogen and oxygen atoms in total. The Morgan fingerprint density at radius 3 is 2.58 bits per heavy atom. The van der Waals surface area contributed by atoms with E-state index in [1.807, 2.05) is 13.8 Å². The number of nitrogens with zero attached hydrogens (tertiary/aromatic N) is 1. The van der Waals surface area contributed by atoms with Crippen molar-refractivity contribution in [2.75, 3.05) is 18.5 Å². The summed E-state index contributed by atoms with van der Waals surface area (Å²) in [5.74, 6) is -0.551. The summed E-state index contributed by atoms with van der Waals surface area (Å²) in [4.78, 5) is 10.2. The molecular formula is C12H15BrN2O4. The van der Waals surface area contributed by atoms with Crippen LogP contribution in [0.5, 0.6) is 0 Å². The van der Waals surface area contributed by atoms with Crippen molar-refractivity contribution < 1.29 is 14.4 Å². The second-order valence-corrected chi connectivity index (χ2v) is 5.64. The largest absolute Gasteiger partial charge is 0.377 e. The van der Waals surface area contributed by atoms with Crippen molar-refractivity contribution in [3.8, 4) is 0 Å². The maximum Gasteiger partial charge on any atom is 0.270 e. The van der Waals surface area contributed by atoms with Crippen molar-refractivity contribution in [3.05, 3.63) is 32.8 Å². The third kappa shape index (κ3) is 3.65. The number of halogens is 1. The SMILES string of the molecule is CC1(C)OCC(Nc2ccc([N+](=O)[O-])cc2Br)CO1. The fraction of sp³-hybridized carbons (Fsp3) is 0.500. The minimum atomic E-state index is -0.551. The summed E-state index contributed by atoms with van der Waals surface area (Å²) in [6.07, 6.45) is 0. The quantitative estimate of drug-likeness (QED) is 0.681. The van der Waals surface area contributed by atoms with Gasteiger partial charge in [-0.1, -0.05) is 0 Å². The Morgan fingerprint density at radius 1 is 1.42 bits per heavy atom. The van der Waals surface area contributed by atoms with Gasteiger partial charge < -0.3 is 14.8 Å². The molecule has 1 aromatic rings. The van der Waals surface area contributed by atoms with Crippen LogP contribution in [0.4, 0.5) is 11.4 Å². The lowest BCUT2D eigenvalue weighted by molar-refractivity contribution is -0.384. The molecule has 1 heterocycles. The van der Waals surface area contributed by atoms with Crippen molar-refractivity contribution in [2.45, 2.75) is 25.7 Å². The van der Waals surface area contributed by atoms with Gasteiger partial charge in [-0.15, -0.1) is 0 Å². The van der Waals surface area contributed by atoms with Crippen LogP contribution in [-0.2, 0) is 9.47 Å². The third-order valence-corrected chi connectivity index (χ3v) is 3.44. The summed E-state index contributed by atoms with van der Waals surface area (Å²) in [5.41, 5.74) is 0.831. The molecule has 19 heavy (non-hydrogen) atoms. The summed E-state index contributed by atoms with van der Waals surface area (Å²) < 4.78 is 11.7. The molecule has 1 aromatic carbocycles. The number of anilines is 1. The number of hydrogen-bond donors (Lipinski definition) is 1. The van der Waals surface area contributed by atoms with Gasteiger partial charge >= 0.3 is 0 Å². The fourth-order valence-electron chi connectivity index (χ4n) is 1.73. The number of non-ortho nitro benzene ring substituents is 1. The lowest BCUT2D eigenvalue weighted by atomic mass is 10.2. The van der Waals surface area contributed by atoms with Gasteiger partial charge in [-0.2, -0.15) is 0 Å². The second-order valence-electron chi connectivity index (χ2n) is 4.78. The van der Waals surface area contributed by atoms with E-state index in [1.165, 1.54) is 12.1 Å². The smallest absolute Gasteiger partial charge is 0.270 e. The van der Waals surface area contributed by atoms with E-state index < -0.39 is 10.7 Å². The van der Waals surface area contributed by atoms with Crippen LogP contribution in [0.3, 0.4) is 0 Å². The predicted octanol–water partition coefficient (Wildman–Crippen LogP) is 2.92. The molecule has 104 valence electrons. The number of nitro groups is 1. The molecule has 0 bridgehead atoms. The van der Waals surface area contributed by atoms with Crippen LogP contribution in [-0.4, -0.2) is 30.0 Å². The van der Waals surface area contributed by atoms with E-state index in [0.717, 1.165) is 5.69 Å². The van der Waals surface area contributed by atoms with Crippen LogP contribution in [0.2, 0.25) is 0 Å². The van der Waals surface area contributed by atoms with Crippen molar-refractivity contribution in [2.24, 2.45) is 0 Å². The maximum atomic E-state index is 10.7. The number of rotatable bonds is 3. The van der Waals surface area contributed by atoms with E-state index in [2.05, 4.69) is 21.2 Å². The molecule has 0 radical (unpaired) electrons. The van der Waals surface area contributed by atoms with Crippen molar-refractivity contribution in [1.29, 1.82) is 0 Å². The van der Waals surface area contributed by atoms with E-state index in [0.29, 0.717) is 17.7 Å². The summed E-state index contributed by atoms with van der Waals surface area (Å²) >= 11 is 3.32. The highest BCUT2D eigenvalue weighted by Gasteiger charge is 2.28. The average Bonchev–Trinajstić information content (AvgIpc) is 2.34. The molecule has 1 saturated heterocycles. The lowest BCUT2D eigenvalue weighted by Crippen LogP contribution is -2.45. The first kappa shape index (κ1) is 14.2. The van der Waals surface area contributed by atoms with E-state index in [-0.39, 0.29) is 11.7 Å². The molecule has 1 aliphatic heterocycles. The van der Waals surface area contributed by atoms with Crippen LogP contribution < -0.4 is 5.32 Å². The van der Waals surface area contributed by atoms with Gasteiger partial charge in [0.25, 0.3) is 5.69 Å². The van der Waals surface area contributed by atoms with Gasteiger partial charge in [0.1, 0.15) is 0 Å². The molecule has 0 aliphatic carbocycles. The molecule has 0 aromatic heterocycles. The lowest BCUT2D eigenvalue weighted by Gasteiger charge is -2.35. The highest BCUT2D eigenvalue weighted by molar-refractivity contribution is 9.10. The Hall–Kier alpha value is -1.18. The zero-order valence-electron chi connectivity index (χ0n) is 10.7. The number of nitro benzene ring substituents is 1. The minimum Gasteiger partial charge on any atom is -0.377 e. The first-order chi connectivity index (χ1) is 8.87.